The quantitative estimate of drug-likeness (QED) is 0.521. The lowest BCUT2D eigenvalue weighted by Gasteiger charge is -2.15. The van der Waals surface area contributed by atoms with Crippen molar-refractivity contribution in [2.75, 3.05) is 0 Å². The molecule has 0 aliphatic carbocycles. The van der Waals surface area contributed by atoms with Gasteiger partial charge >= 0.3 is 0 Å². The van der Waals surface area contributed by atoms with E-state index in [0.29, 0.717) is 5.56 Å². The number of halogens is 1. The van der Waals surface area contributed by atoms with Gasteiger partial charge in [0.05, 0.1) is 0 Å². The van der Waals surface area contributed by atoms with Crippen LogP contribution in [0.4, 0.5) is 4.39 Å². The van der Waals surface area contributed by atoms with Crippen LogP contribution in [0.1, 0.15) is 19.4 Å². The lowest BCUT2D eigenvalue weighted by molar-refractivity contribution is -0.569. The van der Waals surface area contributed by atoms with Gasteiger partial charge in [0.1, 0.15) is 5.82 Å². The van der Waals surface area contributed by atoms with Crippen LogP contribution in [0.25, 0.3) is 0 Å². The summed E-state index contributed by atoms with van der Waals surface area (Å²) in [5.41, 5.74) is -0.660. The van der Waals surface area contributed by atoms with Gasteiger partial charge in [0.2, 0.25) is 5.54 Å². The number of nitro groups is 1. The Labute approximate surface area is 75.3 Å². The van der Waals surface area contributed by atoms with E-state index < -0.39 is 5.54 Å². The lowest BCUT2D eigenvalue weighted by atomic mass is 9.95. The lowest BCUT2D eigenvalue weighted by Crippen LogP contribution is -2.27. The van der Waals surface area contributed by atoms with Gasteiger partial charge in [-0.1, -0.05) is 0 Å². The van der Waals surface area contributed by atoms with Crippen LogP contribution in [0.5, 0.6) is 0 Å². The SMILES string of the molecule is CC(C)(c1ccc(F)cc1)[N+](=O)[O-]. The summed E-state index contributed by atoms with van der Waals surface area (Å²) < 4.78 is 12.5. The van der Waals surface area contributed by atoms with Crippen molar-refractivity contribution in [3.63, 3.8) is 0 Å². The Morgan fingerprint density at radius 2 is 1.77 bits per heavy atom. The molecule has 0 unspecified atom stereocenters. The third kappa shape index (κ3) is 1.83. The summed E-state index contributed by atoms with van der Waals surface area (Å²) in [5.74, 6) is -0.386. The smallest absolute Gasteiger partial charge is 0.241 e. The van der Waals surface area contributed by atoms with E-state index in [2.05, 4.69) is 0 Å². The van der Waals surface area contributed by atoms with Crippen molar-refractivity contribution in [1.29, 1.82) is 0 Å². The molecule has 0 radical (unpaired) electrons. The molecule has 3 nitrogen and oxygen atoms in total. The zero-order chi connectivity index (χ0) is 10.1. The molecule has 0 N–H and O–H groups in total. The molecule has 70 valence electrons. The Balaban J connectivity index is 3.08. The molecule has 0 saturated heterocycles. The van der Waals surface area contributed by atoms with Gasteiger partial charge in [-0.2, -0.15) is 0 Å². The molecule has 0 aromatic heterocycles. The number of benzene rings is 1. The maximum atomic E-state index is 12.5. The fourth-order valence-corrected chi connectivity index (χ4v) is 0.963. The third-order valence-electron chi connectivity index (χ3n) is 2.01. The fraction of sp³-hybridized carbons (Fsp3) is 0.333. The first-order chi connectivity index (χ1) is 5.94. The number of rotatable bonds is 2. The highest BCUT2D eigenvalue weighted by Gasteiger charge is 2.32. The maximum Gasteiger partial charge on any atom is 0.241 e. The van der Waals surface area contributed by atoms with Gasteiger partial charge in [0.25, 0.3) is 0 Å². The molecule has 0 saturated carbocycles. The van der Waals surface area contributed by atoms with Crippen molar-refractivity contribution in [1.82, 2.24) is 0 Å². The van der Waals surface area contributed by atoms with Crippen LogP contribution in [-0.4, -0.2) is 4.92 Å². The van der Waals surface area contributed by atoms with Crippen LogP contribution >= 0.6 is 0 Å². The molecule has 0 aliphatic rings. The topological polar surface area (TPSA) is 43.1 Å². The second kappa shape index (κ2) is 3.12. The molecule has 0 amide bonds. The van der Waals surface area contributed by atoms with E-state index in [9.17, 15) is 14.5 Å². The van der Waals surface area contributed by atoms with Gasteiger partial charge in [-0.05, 0) is 24.3 Å². The van der Waals surface area contributed by atoms with Gasteiger partial charge in [0, 0.05) is 24.3 Å². The first-order valence-electron chi connectivity index (χ1n) is 3.85. The van der Waals surface area contributed by atoms with Crippen molar-refractivity contribution < 1.29 is 9.31 Å². The Hall–Kier alpha value is -1.45. The molecule has 0 aliphatic heterocycles. The average Bonchev–Trinajstić information content (AvgIpc) is 2.04. The van der Waals surface area contributed by atoms with Crippen LogP contribution in [0.2, 0.25) is 0 Å². The molecule has 0 spiro atoms. The van der Waals surface area contributed by atoms with Crippen molar-refractivity contribution in [3.8, 4) is 0 Å². The van der Waals surface area contributed by atoms with Gasteiger partial charge in [-0.15, -0.1) is 0 Å². The second-order valence-electron chi connectivity index (χ2n) is 3.32. The van der Waals surface area contributed by atoms with E-state index in [1.807, 2.05) is 0 Å². The first kappa shape index (κ1) is 9.64. The zero-order valence-electron chi connectivity index (χ0n) is 7.45. The highest BCUT2D eigenvalue weighted by Crippen LogP contribution is 2.23. The third-order valence-corrected chi connectivity index (χ3v) is 2.01. The van der Waals surface area contributed by atoms with Gasteiger partial charge in [-0.25, -0.2) is 4.39 Å². The average molecular weight is 183 g/mol. The molecule has 0 atom stereocenters. The van der Waals surface area contributed by atoms with Crippen molar-refractivity contribution in [2.45, 2.75) is 19.4 Å². The number of nitrogens with zero attached hydrogens (tertiary/aromatic N) is 1. The van der Waals surface area contributed by atoms with E-state index in [1.54, 1.807) is 0 Å². The minimum absolute atomic E-state index is 0.386. The summed E-state index contributed by atoms with van der Waals surface area (Å²) >= 11 is 0. The van der Waals surface area contributed by atoms with Crippen molar-refractivity contribution in [2.24, 2.45) is 0 Å². The molecule has 1 aromatic rings. The number of hydrogen-bond acceptors (Lipinski definition) is 2. The highest BCUT2D eigenvalue weighted by molar-refractivity contribution is 5.21. The zero-order valence-corrected chi connectivity index (χ0v) is 7.45. The predicted octanol–water partition coefficient (Wildman–Crippen LogP) is 2.34. The molecule has 4 heteroatoms. The van der Waals surface area contributed by atoms with Gasteiger partial charge in [0.15, 0.2) is 0 Å². The molecule has 0 heterocycles. The van der Waals surface area contributed by atoms with Crippen LogP contribution in [0.15, 0.2) is 24.3 Å². The van der Waals surface area contributed by atoms with Crippen LogP contribution in [0, 0.1) is 15.9 Å². The minimum Gasteiger partial charge on any atom is -0.264 e. The monoisotopic (exact) mass is 183 g/mol. The summed E-state index contributed by atoms with van der Waals surface area (Å²) in [5, 5.41) is 10.6. The Kier molecular flexibility index (Phi) is 2.32. The molecule has 0 fully saturated rings. The Morgan fingerprint density at radius 1 is 1.31 bits per heavy atom. The van der Waals surface area contributed by atoms with Crippen LogP contribution in [-0.2, 0) is 5.54 Å². The molecule has 1 rings (SSSR count). The largest absolute Gasteiger partial charge is 0.264 e. The Morgan fingerprint density at radius 3 is 2.15 bits per heavy atom. The second-order valence-corrected chi connectivity index (χ2v) is 3.32. The summed E-state index contributed by atoms with van der Waals surface area (Å²) in [7, 11) is 0. The fourth-order valence-electron chi connectivity index (χ4n) is 0.963. The normalized spacial score (nSPS) is 11.3. The van der Waals surface area contributed by atoms with Crippen molar-refractivity contribution in [3.05, 3.63) is 45.8 Å². The predicted molar refractivity (Wildman–Crippen MR) is 46.4 cm³/mol. The minimum atomic E-state index is -1.16. The molecule has 13 heavy (non-hydrogen) atoms. The molecule has 1 aromatic carbocycles. The van der Waals surface area contributed by atoms with Gasteiger partial charge < -0.3 is 0 Å². The summed E-state index contributed by atoms with van der Waals surface area (Å²) in [6, 6.07) is 5.30. The first-order valence-corrected chi connectivity index (χ1v) is 3.85. The summed E-state index contributed by atoms with van der Waals surface area (Å²) in [6.07, 6.45) is 0. The summed E-state index contributed by atoms with van der Waals surface area (Å²) in [4.78, 5) is 10.2. The van der Waals surface area contributed by atoms with E-state index in [1.165, 1.54) is 38.1 Å². The highest BCUT2D eigenvalue weighted by atomic mass is 19.1. The molecule has 0 bridgehead atoms. The van der Waals surface area contributed by atoms with E-state index >= 15 is 0 Å². The van der Waals surface area contributed by atoms with E-state index in [-0.39, 0.29) is 10.7 Å². The Bertz CT molecular complexity index is 319. The van der Waals surface area contributed by atoms with Gasteiger partial charge in [-0.3, -0.25) is 10.1 Å². The standard InChI is InChI=1S/C9H10FNO2/c1-9(2,11(12)13)7-3-5-8(10)6-4-7/h3-6H,1-2H3. The maximum absolute atomic E-state index is 12.5. The van der Waals surface area contributed by atoms with E-state index in [4.69, 9.17) is 0 Å². The van der Waals surface area contributed by atoms with E-state index in [0.717, 1.165) is 0 Å². The van der Waals surface area contributed by atoms with Crippen LogP contribution < -0.4 is 0 Å². The molecular weight excluding hydrogens is 173 g/mol. The van der Waals surface area contributed by atoms with Crippen LogP contribution in [0.3, 0.4) is 0 Å². The number of hydrogen-bond donors (Lipinski definition) is 0. The van der Waals surface area contributed by atoms with Crippen molar-refractivity contribution >= 4 is 0 Å². The summed E-state index contributed by atoms with van der Waals surface area (Å²) in [6.45, 7) is 2.97. The molecular formula is C9H10FNO2.